The Morgan fingerprint density at radius 3 is 2.67 bits per heavy atom. The van der Waals surface area contributed by atoms with Crippen molar-refractivity contribution in [2.75, 3.05) is 5.75 Å². The largest absolute Gasteiger partial charge is 0.390 e. The molecule has 2 atom stereocenters. The minimum absolute atomic E-state index is 0.424. The Bertz CT molecular complexity index is 335. The SMILES string of the molecule is OC(CCS)C(O)c1cc(Br)ccc1Cl. The van der Waals surface area contributed by atoms with Crippen molar-refractivity contribution in [3.05, 3.63) is 33.3 Å². The number of hydrogen-bond donors (Lipinski definition) is 3. The molecule has 0 fully saturated rings. The fraction of sp³-hybridized carbons (Fsp3) is 0.400. The van der Waals surface area contributed by atoms with Crippen LogP contribution in [0.3, 0.4) is 0 Å². The first-order chi connectivity index (χ1) is 7.06. The molecule has 1 aromatic rings. The maximum atomic E-state index is 9.84. The van der Waals surface area contributed by atoms with Gasteiger partial charge in [-0.3, -0.25) is 0 Å². The molecule has 2 N–H and O–H groups in total. The van der Waals surface area contributed by atoms with Gasteiger partial charge in [-0.1, -0.05) is 27.5 Å². The van der Waals surface area contributed by atoms with Gasteiger partial charge in [0, 0.05) is 15.1 Å². The number of halogens is 2. The molecule has 0 radical (unpaired) electrons. The van der Waals surface area contributed by atoms with Crippen LogP contribution in [0.25, 0.3) is 0 Å². The maximum absolute atomic E-state index is 9.84. The summed E-state index contributed by atoms with van der Waals surface area (Å²) in [5, 5.41) is 19.9. The second-order valence-corrected chi connectivity index (χ2v) is 4.96. The maximum Gasteiger partial charge on any atom is 0.106 e. The van der Waals surface area contributed by atoms with Crippen LogP contribution in [0, 0.1) is 0 Å². The van der Waals surface area contributed by atoms with E-state index in [9.17, 15) is 10.2 Å². The fourth-order valence-electron chi connectivity index (χ4n) is 1.24. The van der Waals surface area contributed by atoms with Gasteiger partial charge in [0.1, 0.15) is 6.10 Å². The average Bonchev–Trinajstić information content (AvgIpc) is 2.21. The summed E-state index contributed by atoms with van der Waals surface area (Å²) in [7, 11) is 0. The Morgan fingerprint density at radius 2 is 2.07 bits per heavy atom. The van der Waals surface area contributed by atoms with Crippen molar-refractivity contribution < 1.29 is 10.2 Å². The van der Waals surface area contributed by atoms with Crippen LogP contribution < -0.4 is 0 Å². The van der Waals surface area contributed by atoms with Crippen LogP contribution in [0.4, 0.5) is 0 Å². The lowest BCUT2D eigenvalue weighted by molar-refractivity contribution is 0.0173. The molecule has 0 spiro atoms. The molecule has 0 aromatic heterocycles. The topological polar surface area (TPSA) is 40.5 Å². The third kappa shape index (κ3) is 3.64. The molecule has 2 nitrogen and oxygen atoms in total. The van der Waals surface area contributed by atoms with Crippen LogP contribution in [-0.4, -0.2) is 22.1 Å². The van der Waals surface area contributed by atoms with Crippen LogP contribution in [0.5, 0.6) is 0 Å². The molecule has 0 aliphatic heterocycles. The first-order valence-electron chi connectivity index (χ1n) is 4.48. The van der Waals surface area contributed by atoms with Crippen molar-refractivity contribution in [3.8, 4) is 0 Å². The van der Waals surface area contributed by atoms with Gasteiger partial charge in [0.2, 0.25) is 0 Å². The highest BCUT2D eigenvalue weighted by Crippen LogP contribution is 2.29. The van der Waals surface area contributed by atoms with E-state index < -0.39 is 12.2 Å². The molecule has 15 heavy (non-hydrogen) atoms. The number of hydrogen-bond acceptors (Lipinski definition) is 3. The van der Waals surface area contributed by atoms with E-state index in [1.807, 2.05) is 0 Å². The second-order valence-electron chi connectivity index (χ2n) is 3.19. The molecule has 84 valence electrons. The van der Waals surface area contributed by atoms with Gasteiger partial charge in [-0.15, -0.1) is 0 Å². The zero-order valence-electron chi connectivity index (χ0n) is 7.90. The van der Waals surface area contributed by atoms with Crippen molar-refractivity contribution >= 4 is 40.2 Å². The van der Waals surface area contributed by atoms with Crippen LogP contribution >= 0.6 is 40.2 Å². The summed E-state index contributed by atoms with van der Waals surface area (Å²) in [6.45, 7) is 0. The van der Waals surface area contributed by atoms with Crippen LogP contribution in [0.2, 0.25) is 5.02 Å². The van der Waals surface area contributed by atoms with Gasteiger partial charge in [0.05, 0.1) is 6.10 Å². The second kappa shape index (κ2) is 6.11. The summed E-state index contributed by atoms with van der Waals surface area (Å²) >= 11 is 13.2. The smallest absolute Gasteiger partial charge is 0.106 e. The normalized spacial score (nSPS) is 15.0. The molecule has 0 heterocycles. The van der Waals surface area contributed by atoms with Crippen molar-refractivity contribution in [1.29, 1.82) is 0 Å². The Balaban J connectivity index is 2.89. The van der Waals surface area contributed by atoms with Gasteiger partial charge in [-0.25, -0.2) is 0 Å². The average molecular weight is 312 g/mol. The fourth-order valence-corrected chi connectivity index (χ4v) is 2.11. The summed E-state index contributed by atoms with van der Waals surface area (Å²) in [6.07, 6.45) is -1.39. The van der Waals surface area contributed by atoms with Gasteiger partial charge in [0.15, 0.2) is 0 Å². The molecule has 5 heteroatoms. The van der Waals surface area contributed by atoms with E-state index in [4.69, 9.17) is 11.6 Å². The summed E-state index contributed by atoms with van der Waals surface area (Å²) in [5.74, 6) is 0.518. The molecule has 1 aromatic carbocycles. The van der Waals surface area contributed by atoms with Gasteiger partial charge < -0.3 is 10.2 Å². The van der Waals surface area contributed by atoms with Crippen LogP contribution in [0.1, 0.15) is 18.1 Å². The number of thiol groups is 1. The first-order valence-corrected chi connectivity index (χ1v) is 6.28. The Labute approximate surface area is 108 Å². The third-order valence-electron chi connectivity index (χ3n) is 2.07. The number of aliphatic hydroxyl groups excluding tert-OH is 2. The van der Waals surface area contributed by atoms with Crippen LogP contribution in [-0.2, 0) is 0 Å². The molecule has 0 aliphatic rings. The molecule has 2 unspecified atom stereocenters. The summed E-state index contributed by atoms with van der Waals surface area (Å²) in [4.78, 5) is 0. The first kappa shape index (κ1) is 13.3. The predicted molar refractivity (Wildman–Crippen MR) is 68.6 cm³/mol. The van der Waals surface area contributed by atoms with E-state index in [2.05, 4.69) is 28.6 Å². The Morgan fingerprint density at radius 1 is 1.40 bits per heavy atom. The highest BCUT2D eigenvalue weighted by Gasteiger charge is 2.20. The molecular weight excluding hydrogens is 300 g/mol. The van der Waals surface area contributed by atoms with Gasteiger partial charge in [0.25, 0.3) is 0 Å². The molecule has 0 bridgehead atoms. The monoisotopic (exact) mass is 310 g/mol. The molecule has 0 saturated carbocycles. The molecular formula is C10H12BrClO2S. The van der Waals surface area contributed by atoms with Crippen molar-refractivity contribution in [2.45, 2.75) is 18.6 Å². The Kier molecular flexibility index (Phi) is 5.43. The van der Waals surface area contributed by atoms with E-state index in [1.54, 1.807) is 18.2 Å². The standard InChI is InChI=1S/C10H12BrClO2S/c11-6-1-2-8(12)7(5-6)10(14)9(13)3-4-15/h1-2,5,9-10,13-15H,3-4H2. The summed E-state index contributed by atoms with van der Waals surface area (Å²) in [6, 6.07) is 5.16. The highest BCUT2D eigenvalue weighted by molar-refractivity contribution is 9.10. The van der Waals surface area contributed by atoms with E-state index in [-0.39, 0.29) is 0 Å². The van der Waals surface area contributed by atoms with E-state index in [1.165, 1.54) is 0 Å². The lowest BCUT2D eigenvalue weighted by atomic mass is 10.0. The lowest BCUT2D eigenvalue weighted by Gasteiger charge is -2.18. The molecule has 0 aliphatic carbocycles. The summed E-state index contributed by atoms with van der Waals surface area (Å²) in [5.41, 5.74) is 0.528. The van der Waals surface area contributed by atoms with Gasteiger partial charge >= 0.3 is 0 Å². The third-order valence-corrected chi connectivity index (χ3v) is 3.16. The molecule has 1 rings (SSSR count). The van der Waals surface area contributed by atoms with Gasteiger partial charge in [-0.2, -0.15) is 12.6 Å². The zero-order valence-corrected chi connectivity index (χ0v) is 11.1. The number of rotatable bonds is 4. The van der Waals surface area contributed by atoms with Crippen molar-refractivity contribution in [1.82, 2.24) is 0 Å². The lowest BCUT2D eigenvalue weighted by Crippen LogP contribution is -2.19. The summed E-state index contributed by atoms with van der Waals surface area (Å²) < 4.78 is 0.819. The quantitative estimate of drug-likeness (QED) is 0.748. The van der Waals surface area contributed by atoms with Crippen molar-refractivity contribution in [3.63, 3.8) is 0 Å². The number of aliphatic hydroxyl groups is 2. The van der Waals surface area contributed by atoms with E-state index >= 15 is 0 Å². The molecule has 0 amide bonds. The minimum Gasteiger partial charge on any atom is -0.390 e. The van der Waals surface area contributed by atoms with Gasteiger partial charge in [-0.05, 0) is 30.4 Å². The number of benzene rings is 1. The van der Waals surface area contributed by atoms with Crippen molar-refractivity contribution in [2.24, 2.45) is 0 Å². The molecule has 0 saturated heterocycles. The zero-order chi connectivity index (χ0) is 11.4. The Hall–Kier alpha value is 0.260. The highest BCUT2D eigenvalue weighted by atomic mass is 79.9. The van der Waals surface area contributed by atoms with E-state index in [0.29, 0.717) is 22.8 Å². The predicted octanol–water partition coefficient (Wildman–Crippen LogP) is 2.82. The van der Waals surface area contributed by atoms with E-state index in [0.717, 1.165) is 4.47 Å². The van der Waals surface area contributed by atoms with Crippen LogP contribution in [0.15, 0.2) is 22.7 Å². The minimum atomic E-state index is -0.970.